The molecule has 0 fully saturated rings. The average molecular weight is 468 g/mol. The van der Waals surface area contributed by atoms with Gasteiger partial charge in [-0.2, -0.15) is 0 Å². The first-order valence-electron chi connectivity index (χ1n) is 9.65. The van der Waals surface area contributed by atoms with Gasteiger partial charge in [-0.25, -0.2) is 18.4 Å². The van der Waals surface area contributed by atoms with Crippen LogP contribution in [0.4, 0.5) is 10.8 Å². The Kier molecular flexibility index (Phi) is 5.81. The van der Waals surface area contributed by atoms with Crippen LogP contribution in [-0.4, -0.2) is 35.1 Å². The minimum absolute atomic E-state index is 0.316. The van der Waals surface area contributed by atoms with Crippen molar-refractivity contribution in [1.29, 1.82) is 0 Å². The highest BCUT2D eigenvalue weighted by Crippen LogP contribution is 2.38. The minimum Gasteiger partial charge on any atom is -0.333 e. The zero-order chi connectivity index (χ0) is 22.9. The van der Waals surface area contributed by atoms with Gasteiger partial charge in [0, 0.05) is 30.6 Å². The molecule has 0 saturated heterocycles. The Morgan fingerprint density at radius 2 is 1.88 bits per heavy atom. The monoisotopic (exact) mass is 467 g/mol. The summed E-state index contributed by atoms with van der Waals surface area (Å²) in [6.07, 6.45) is 4.63. The molecule has 1 amide bonds. The molecule has 2 aromatic carbocycles. The second-order valence-corrected chi connectivity index (χ2v) is 10.0. The van der Waals surface area contributed by atoms with Gasteiger partial charge < -0.3 is 4.57 Å². The Morgan fingerprint density at radius 3 is 2.53 bits per heavy atom. The van der Waals surface area contributed by atoms with Crippen LogP contribution in [-0.2, 0) is 17.1 Å². The summed E-state index contributed by atoms with van der Waals surface area (Å²) in [5.41, 5.74) is 3.03. The van der Waals surface area contributed by atoms with Gasteiger partial charge in [0.15, 0.2) is 11.0 Å². The summed E-state index contributed by atoms with van der Waals surface area (Å²) in [7, 11) is -1.56. The van der Waals surface area contributed by atoms with Crippen LogP contribution in [0.3, 0.4) is 0 Å². The second-order valence-electron chi connectivity index (χ2n) is 7.28. The number of imidazole rings is 1. The zero-order valence-corrected chi connectivity index (χ0v) is 19.3. The lowest BCUT2D eigenvalue weighted by atomic mass is 10.1. The van der Waals surface area contributed by atoms with Gasteiger partial charge in [0.25, 0.3) is 5.91 Å². The molecule has 0 atom stereocenters. The fraction of sp³-hybridized carbons (Fsp3) is 0.136. The Hall–Kier alpha value is -3.50. The summed E-state index contributed by atoms with van der Waals surface area (Å²) < 4.78 is 27.6. The first-order chi connectivity index (χ1) is 15.2. The maximum absolute atomic E-state index is 12.9. The van der Waals surface area contributed by atoms with Crippen molar-refractivity contribution in [2.24, 2.45) is 7.05 Å². The lowest BCUT2D eigenvalue weighted by molar-refractivity contribution is 0.102. The molecular weight excluding hydrogens is 446 g/mol. The number of hydrogen-bond acceptors (Lipinski definition) is 6. The maximum atomic E-state index is 12.9. The number of rotatable bonds is 6. The summed E-state index contributed by atoms with van der Waals surface area (Å²) in [5, 5.41) is 3.26. The van der Waals surface area contributed by atoms with E-state index in [0.717, 1.165) is 28.2 Å². The highest BCUT2D eigenvalue weighted by Gasteiger charge is 2.20. The average Bonchev–Trinajstić information content (AvgIpc) is 3.35. The highest BCUT2D eigenvalue weighted by atomic mass is 32.2. The predicted octanol–water partition coefficient (Wildman–Crippen LogP) is 4.14. The molecular formula is C22H21N5O3S2. The van der Waals surface area contributed by atoms with Crippen LogP contribution >= 0.6 is 11.3 Å². The number of nitrogens with one attached hydrogen (secondary N) is 2. The summed E-state index contributed by atoms with van der Waals surface area (Å²) >= 11 is 1.33. The molecule has 10 heteroatoms. The molecule has 0 bridgehead atoms. The molecule has 4 aromatic rings. The smallest absolute Gasteiger partial charge is 0.257 e. The molecule has 4 rings (SSSR count). The molecule has 2 N–H and O–H groups in total. The molecule has 32 heavy (non-hydrogen) atoms. The van der Waals surface area contributed by atoms with E-state index in [9.17, 15) is 13.2 Å². The molecule has 8 nitrogen and oxygen atoms in total. The molecule has 0 aliphatic rings. The fourth-order valence-corrected chi connectivity index (χ4v) is 4.79. The topological polar surface area (TPSA) is 106 Å². The van der Waals surface area contributed by atoms with Gasteiger partial charge in [0.2, 0.25) is 10.0 Å². The zero-order valence-electron chi connectivity index (χ0n) is 17.7. The van der Waals surface area contributed by atoms with Gasteiger partial charge in [-0.1, -0.05) is 47.7 Å². The third-order valence-electron chi connectivity index (χ3n) is 4.71. The molecule has 0 saturated carbocycles. The van der Waals surface area contributed by atoms with E-state index >= 15 is 0 Å². The van der Waals surface area contributed by atoms with E-state index in [1.807, 2.05) is 48.1 Å². The van der Waals surface area contributed by atoms with Gasteiger partial charge in [-0.15, -0.1) is 0 Å². The molecule has 0 spiro atoms. The van der Waals surface area contributed by atoms with E-state index in [0.29, 0.717) is 21.9 Å². The van der Waals surface area contributed by atoms with Crippen LogP contribution in [0, 0.1) is 6.92 Å². The number of carbonyl (C=O) groups excluding carboxylic acids is 1. The van der Waals surface area contributed by atoms with E-state index in [-0.39, 0.29) is 5.91 Å². The van der Waals surface area contributed by atoms with Crippen LogP contribution in [0.2, 0.25) is 0 Å². The first kappa shape index (κ1) is 21.7. The van der Waals surface area contributed by atoms with Crippen molar-refractivity contribution in [2.45, 2.75) is 6.92 Å². The molecule has 2 aromatic heterocycles. The number of anilines is 2. The van der Waals surface area contributed by atoms with E-state index in [4.69, 9.17) is 0 Å². The maximum Gasteiger partial charge on any atom is 0.257 e. The van der Waals surface area contributed by atoms with Gasteiger partial charge in [-0.3, -0.25) is 14.8 Å². The number of carbonyl (C=O) groups is 1. The first-order valence-corrected chi connectivity index (χ1v) is 12.4. The third-order valence-corrected chi connectivity index (χ3v) is 6.27. The largest absolute Gasteiger partial charge is 0.333 e. The van der Waals surface area contributed by atoms with E-state index in [1.165, 1.54) is 17.4 Å². The number of sulfonamides is 1. The molecule has 0 aliphatic heterocycles. The summed E-state index contributed by atoms with van der Waals surface area (Å²) in [6, 6.07) is 14.5. The van der Waals surface area contributed by atoms with Crippen molar-refractivity contribution in [3.63, 3.8) is 0 Å². The Labute approximate surface area is 190 Å². The standard InChI is InChI=1S/C22H21N5O3S2/c1-14-9-10-16(13-17(14)26-32(3,29)30)21(28)25-22-24-18(15-7-5-4-6-8-15)19(31-22)20-23-11-12-27(20)2/h4-13,26H,1-3H3,(H,24,25,28). The van der Waals surface area contributed by atoms with Crippen molar-refractivity contribution >= 4 is 38.1 Å². The molecule has 0 aliphatic carbocycles. The van der Waals surface area contributed by atoms with Crippen LogP contribution in [0.15, 0.2) is 60.9 Å². The second kappa shape index (κ2) is 8.56. The minimum atomic E-state index is -3.46. The van der Waals surface area contributed by atoms with Crippen LogP contribution < -0.4 is 10.0 Å². The number of aryl methyl sites for hydroxylation is 2. The summed E-state index contributed by atoms with van der Waals surface area (Å²) in [4.78, 5) is 22.8. The van der Waals surface area contributed by atoms with Crippen molar-refractivity contribution < 1.29 is 13.2 Å². The fourth-order valence-electron chi connectivity index (χ4n) is 3.14. The normalized spacial score (nSPS) is 11.3. The number of thiazole rings is 1. The molecule has 0 unspecified atom stereocenters. The number of benzene rings is 2. The summed E-state index contributed by atoms with van der Waals surface area (Å²) in [6.45, 7) is 1.77. The van der Waals surface area contributed by atoms with E-state index in [2.05, 4.69) is 20.0 Å². The van der Waals surface area contributed by atoms with Gasteiger partial charge in [-0.05, 0) is 24.6 Å². The number of hydrogen-bond donors (Lipinski definition) is 2. The number of nitrogens with zero attached hydrogens (tertiary/aromatic N) is 3. The quantitative estimate of drug-likeness (QED) is 0.443. The van der Waals surface area contributed by atoms with Crippen LogP contribution in [0.25, 0.3) is 22.0 Å². The lowest BCUT2D eigenvalue weighted by Gasteiger charge is -2.09. The van der Waals surface area contributed by atoms with Crippen molar-refractivity contribution in [3.8, 4) is 22.0 Å². The molecule has 0 radical (unpaired) electrons. The third kappa shape index (κ3) is 4.71. The Balaban J connectivity index is 1.68. The highest BCUT2D eigenvalue weighted by molar-refractivity contribution is 7.92. The predicted molar refractivity (Wildman–Crippen MR) is 127 cm³/mol. The van der Waals surface area contributed by atoms with E-state index in [1.54, 1.807) is 25.3 Å². The number of aromatic nitrogens is 3. The number of amides is 1. The van der Waals surface area contributed by atoms with Crippen molar-refractivity contribution in [2.75, 3.05) is 16.3 Å². The SMILES string of the molecule is Cc1ccc(C(=O)Nc2nc(-c3ccccc3)c(-c3nccn3C)s2)cc1NS(C)(=O)=O. The van der Waals surface area contributed by atoms with Crippen molar-refractivity contribution in [3.05, 3.63) is 72.1 Å². The summed E-state index contributed by atoms with van der Waals surface area (Å²) in [5.74, 6) is 0.359. The lowest BCUT2D eigenvalue weighted by Crippen LogP contribution is -2.14. The van der Waals surface area contributed by atoms with Crippen LogP contribution in [0.1, 0.15) is 15.9 Å². The Morgan fingerprint density at radius 1 is 1.12 bits per heavy atom. The van der Waals surface area contributed by atoms with E-state index < -0.39 is 10.0 Å². The van der Waals surface area contributed by atoms with Gasteiger partial charge in [0.05, 0.1) is 22.5 Å². The van der Waals surface area contributed by atoms with Gasteiger partial charge >= 0.3 is 0 Å². The van der Waals surface area contributed by atoms with Crippen LogP contribution in [0.5, 0.6) is 0 Å². The molecule has 2 heterocycles. The van der Waals surface area contributed by atoms with Crippen molar-refractivity contribution in [1.82, 2.24) is 14.5 Å². The van der Waals surface area contributed by atoms with Gasteiger partial charge in [0.1, 0.15) is 0 Å². The Bertz CT molecular complexity index is 1390. The molecule has 164 valence electrons.